The number of piperidine rings is 1. The van der Waals surface area contributed by atoms with E-state index in [9.17, 15) is 5.26 Å². The van der Waals surface area contributed by atoms with Crippen molar-refractivity contribution in [3.63, 3.8) is 0 Å². The highest BCUT2D eigenvalue weighted by atomic mass is 32.2. The maximum atomic E-state index is 10.2. The van der Waals surface area contributed by atoms with Crippen molar-refractivity contribution in [1.82, 2.24) is 4.90 Å². The van der Waals surface area contributed by atoms with Crippen LogP contribution in [0.15, 0.2) is 29.0 Å². The minimum absolute atomic E-state index is 0.303. The number of allylic oxidation sites excluding steroid dienone is 1. The summed E-state index contributed by atoms with van der Waals surface area (Å²) < 4.78 is 0. The molecule has 4 rings (SSSR count). The standard InChI is InChI=1S/C19H24N2S2/c1-21-15-6-7-16(21)11-14(10-15)12-19(13-20,17-4-2-8-22-17)18-5-3-9-23-18/h2-4,8-9,14-16,18H,5-7,10-12H2,1H3/t14?,15-,16+,18?,19?. The van der Waals surface area contributed by atoms with E-state index in [4.69, 9.17) is 0 Å². The Bertz CT molecular complexity index is 596. The van der Waals surface area contributed by atoms with E-state index in [0.29, 0.717) is 11.2 Å². The summed E-state index contributed by atoms with van der Waals surface area (Å²) in [5.74, 6) is 0.701. The quantitative estimate of drug-likeness (QED) is 0.785. The van der Waals surface area contributed by atoms with Crippen molar-refractivity contribution in [2.75, 3.05) is 7.05 Å². The van der Waals surface area contributed by atoms with Crippen LogP contribution < -0.4 is 0 Å². The van der Waals surface area contributed by atoms with E-state index in [1.165, 1.54) is 30.6 Å². The van der Waals surface area contributed by atoms with Crippen LogP contribution in [-0.2, 0) is 5.41 Å². The molecule has 5 atom stereocenters. The number of hydrogen-bond acceptors (Lipinski definition) is 4. The molecule has 4 heterocycles. The number of thiophene rings is 1. The van der Waals surface area contributed by atoms with E-state index in [1.807, 2.05) is 11.8 Å². The molecule has 2 bridgehead atoms. The molecule has 122 valence electrons. The van der Waals surface area contributed by atoms with Gasteiger partial charge in [-0.3, -0.25) is 0 Å². The molecule has 3 aliphatic rings. The molecule has 0 spiro atoms. The summed E-state index contributed by atoms with van der Waals surface area (Å²) in [6.07, 6.45) is 9.61. The van der Waals surface area contributed by atoms with Crippen molar-refractivity contribution >= 4 is 23.1 Å². The first-order valence-electron chi connectivity index (χ1n) is 8.70. The number of hydrogen-bond donors (Lipinski definition) is 0. The van der Waals surface area contributed by atoms with Gasteiger partial charge in [-0.2, -0.15) is 5.26 Å². The van der Waals surface area contributed by atoms with E-state index < -0.39 is 0 Å². The molecule has 0 amide bonds. The highest BCUT2D eigenvalue weighted by Crippen LogP contribution is 2.49. The maximum absolute atomic E-state index is 10.2. The van der Waals surface area contributed by atoms with Crippen molar-refractivity contribution in [1.29, 1.82) is 5.26 Å². The van der Waals surface area contributed by atoms with Gasteiger partial charge in [-0.05, 0) is 68.3 Å². The molecule has 0 N–H and O–H groups in total. The van der Waals surface area contributed by atoms with Gasteiger partial charge < -0.3 is 4.90 Å². The van der Waals surface area contributed by atoms with E-state index in [-0.39, 0.29) is 5.41 Å². The highest BCUT2D eigenvalue weighted by molar-refractivity contribution is 8.03. The molecule has 0 aromatic carbocycles. The normalized spacial score (nSPS) is 36.0. The van der Waals surface area contributed by atoms with Crippen LogP contribution in [0.4, 0.5) is 0 Å². The summed E-state index contributed by atoms with van der Waals surface area (Å²) in [6, 6.07) is 8.62. The molecule has 0 radical (unpaired) electrons. The second-order valence-corrected chi connectivity index (χ2v) is 9.45. The summed E-state index contributed by atoms with van der Waals surface area (Å²) in [6.45, 7) is 0. The van der Waals surface area contributed by atoms with E-state index in [2.05, 4.69) is 47.0 Å². The van der Waals surface area contributed by atoms with Crippen molar-refractivity contribution in [3.8, 4) is 6.07 Å². The molecule has 3 aliphatic heterocycles. The van der Waals surface area contributed by atoms with Crippen molar-refractivity contribution in [2.45, 2.75) is 61.3 Å². The zero-order valence-corrected chi connectivity index (χ0v) is 15.3. The number of nitrogens with zero attached hydrogens (tertiary/aromatic N) is 2. The Labute approximate surface area is 147 Å². The summed E-state index contributed by atoms with van der Waals surface area (Å²) in [5.41, 5.74) is -0.303. The molecule has 2 nitrogen and oxygen atoms in total. The number of fused-ring (bicyclic) bond motifs is 2. The molecular weight excluding hydrogens is 320 g/mol. The van der Waals surface area contributed by atoms with Crippen LogP contribution in [0.1, 0.15) is 43.4 Å². The van der Waals surface area contributed by atoms with Gasteiger partial charge in [0.2, 0.25) is 0 Å². The van der Waals surface area contributed by atoms with Crippen molar-refractivity contribution in [2.24, 2.45) is 5.92 Å². The van der Waals surface area contributed by atoms with Crippen LogP contribution in [0.25, 0.3) is 0 Å². The average Bonchev–Trinajstić information content (AvgIpc) is 3.29. The third kappa shape index (κ3) is 2.67. The lowest BCUT2D eigenvalue weighted by Crippen LogP contribution is -2.43. The monoisotopic (exact) mass is 344 g/mol. The topological polar surface area (TPSA) is 27.0 Å². The van der Waals surface area contributed by atoms with Crippen LogP contribution in [0.2, 0.25) is 0 Å². The fraction of sp³-hybridized carbons (Fsp3) is 0.632. The molecule has 4 heteroatoms. The lowest BCUT2D eigenvalue weighted by atomic mass is 9.72. The van der Waals surface area contributed by atoms with Crippen LogP contribution in [0, 0.1) is 17.2 Å². The molecule has 1 aromatic rings. The number of thioether (sulfide) groups is 1. The molecular formula is C19H24N2S2. The lowest BCUT2D eigenvalue weighted by molar-refractivity contribution is 0.120. The third-order valence-corrected chi connectivity index (χ3v) is 8.53. The zero-order valence-electron chi connectivity index (χ0n) is 13.6. The summed E-state index contributed by atoms with van der Waals surface area (Å²) >= 11 is 3.65. The van der Waals surface area contributed by atoms with Gasteiger partial charge in [0.1, 0.15) is 5.41 Å². The molecule has 0 saturated carbocycles. The first kappa shape index (κ1) is 15.7. The predicted octanol–water partition coefficient (Wildman–Crippen LogP) is 4.79. The summed E-state index contributed by atoms with van der Waals surface area (Å²) in [7, 11) is 2.30. The fourth-order valence-electron chi connectivity index (χ4n) is 4.94. The Morgan fingerprint density at radius 2 is 2.13 bits per heavy atom. The Morgan fingerprint density at radius 3 is 2.70 bits per heavy atom. The molecule has 2 fully saturated rings. The van der Waals surface area contributed by atoms with Gasteiger partial charge in [0.05, 0.1) is 6.07 Å². The molecule has 1 aromatic heterocycles. The Morgan fingerprint density at radius 1 is 1.35 bits per heavy atom. The van der Waals surface area contributed by atoms with E-state index in [0.717, 1.165) is 24.9 Å². The van der Waals surface area contributed by atoms with E-state index in [1.54, 1.807) is 11.3 Å². The highest BCUT2D eigenvalue weighted by Gasteiger charge is 2.47. The smallest absolute Gasteiger partial charge is 0.104 e. The van der Waals surface area contributed by atoms with Gasteiger partial charge in [0.25, 0.3) is 0 Å². The van der Waals surface area contributed by atoms with E-state index >= 15 is 0 Å². The second kappa shape index (κ2) is 6.27. The molecule has 0 aliphatic carbocycles. The van der Waals surface area contributed by atoms with Crippen LogP contribution >= 0.6 is 23.1 Å². The summed E-state index contributed by atoms with van der Waals surface area (Å²) in [4.78, 5) is 3.88. The fourth-order valence-corrected chi connectivity index (χ4v) is 7.10. The Balaban J connectivity index is 1.60. The van der Waals surface area contributed by atoms with Gasteiger partial charge in [-0.1, -0.05) is 12.1 Å². The van der Waals surface area contributed by atoms with Gasteiger partial charge in [-0.25, -0.2) is 0 Å². The number of nitriles is 1. The maximum Gasteiger partial charge on any atom is 0.104 e. The summed E-state index contributed by atoms with van der Waals surface area (Å²) in [5, 5.41) is 15.0. The molecule has 3 unspecified atom stereocenters. The zero-order chi connectivity index (χ0) is 15.9. The van der Waals surface area contributed by atoms with Crippen LogP contribution in [0.3, 0.4) is 0 Å². The minimum atomic E-state index is -0.303. The van der Waals surface area contributed by atoms with Gasteiger partial charge in [0, 0.05) is 22.2 Å². The van der Waals surface area contributed by atoms with Crippen LogP contribution in [-0.4, -0.2) is 29.3 Å². The average molecular weight is 345 g/mol. The molecule has 23 heavy (non-hydrogen) atoms. The van der Waals surface area contributed by atoms with Gasteiger partial charge >= 0.3 is 0 Å². The molecule has 2 saturated heterocycles. The third-order valence-electron chi connectivity index (χ3n) is 6.21. The SMILES string of the molecule is CN1[C@@H]2CC[C@H]1CC(CC(C#N)(c1cccs1)C1CC=CS1)C2. The number of rotatable bonds is 4. The first-order chi connectivity index (χ1) is 11.2. The minimum Gasteiger partial charge on any atom is -0.300 e. The Hall–Kier alpha value is -0.760. The predicted molar refractivity (Wildman–Crippen MR) is 98.7 cm³/mol. The largest absolute Gasteiger partial charge is 0.300 e. The first-order valence-corrected chi connectivity index (χ1v) is 10.5. The van der Waals surface area contributed by atoms with Gasteiger partial charge in [0.15, 0.2) is 0 Å². The second-order valence-electron chi connectivity index (χ2n) is 7.38. The van der Waals surface area contributed by atoms with Gasteiger partial charge in [-0.15, -0.1) is 23.1 Å². The van der Waals surface area contributed by atoms with Crippen molar-refractivity contribution in [3.05, 3.63) is 33.9 Å². The van der Waals surface area contributed by atoms with Crippen molar-refractivity contribution < 1.29 is 0 Å². The van der Waals surface area contributed by atoms with Crippen LogP contribution in [0.5, 0.6) is 0 Å². The lowest BCUT2D eigenvalue weighted by Gasteiger charge is -2.41. The Kier molecular flexibility index (Phi) is 4.30.